The third kappa shape index (κ3) is 3.36. The molecule has 15 heavy (non-hydrogen) atoms. The van der Waals surface area contributed by atoms with Crippen molar-refractivity contribution < 1.29 is 9.59 Å². The summed E-state index contributed by atoms with van der Waals surface area (Å²) < 4.78 is 0.897. The zero-order chi connectivity index (χ0) is 11.4. The lowest BCUT2D eigenvalue weighted by molar-refractivity contribution is -0.124. The smallest absolute Gasteiger partial charge is 0.225 e. The monoisotopic (exact) mass is 270 g/mol. The number of rotatable bonds is 4. The van der Waals surface area contributed by atoms with Crippen LogP contribution in [0.4, 0.5) is 0 Å². The second-order valence-corrected chi connectivity index (χ2v) is 4.09. The summed E-state index contributed by atoms with van der Waals surface area (Å²) in [6.07, 6.45) is -0.0586. The molecular formula is C10H11BrN2O2. The third-order valence-electron chi connectivity index (χ3n) is 2.02. The van der Waals surface area contributed by atoms with E-state index >= 15 is 0 Å². The zero-order valence-corrected chi connectivity index (χ0v) is 9.53. The molecule has 1 rings (SSSR count). The SMILES string of the molecule is NC(=O)CC(C(N)=O)c1ccc(Br)cc1. The first kappa shape index (κ1) is 11.7. The highest BCUT2D eigenvalue weighted by atomic mass is 79.9. The topological polar surface area (TPSA) is 86.2 Å². The van der Waals surface area contributed by atoms with Crippen LogP contribution in [0.3, 0.4) is 0 Å². The van der Waals surface area contributed by atoms with Gasteiger partial charge in [0, 0.05) is 10.9 Å². The van der Waals surface area contributed by atoms with Gasteiger partial charge in [0.1, 0.15) is 0 Å². The Labute approximate surface area is 95.8 Å². The fourth-order valence-electron chi connectivity index (χ4n) is 1.28. The summed E-state index contributed by atoms with van der Waals surface area (Å²) in [5.41, 5.74) is 10.9. The van der Waals surface area contributed by atoms with Crippen LogP contribution >= 0.6 is 15.9 Å². The average molecular weight is 271 g/mol. The van der Waals surface area contributed by atoms with Crippen molar-refractivity contribution >= 4 is 27.7 Å². The molecule has 0 saturated carbocycles. The Morgan fingerprint density at radius 2 is 1.73 bits per heavy atom. The molecule has 4 nitrogen and oxygen atoms in total. The molecule has 1 aromatic rings. The molecule has 2 amide bonds. The number of carbonyl (C=O) groups excluding carboxylic acids is 2. The van der Waals surface area contributed by atoms with Gasteiger partial charge in [0.2, 0.25) is 11.8 Å². The van der Waals surface area contributed by atoms with Crippen molar-refractivity contribution in [3.63, 3.8) is 0 Å². The molecule has 4 N–H and O–H groups in total. The van der Waals surface area contributed by atoms with E-state index in [4.69, 9.17) is 11.5 Å². The molecule has 5 heteroatoms. The first-order chi connectivity index (χ1) is 7.00. The fraction of sp³-hybridized carbons (Fsp3) is 0.200. The summed E-state index contributed by atoms with van der Waals surface area (Å²) in [6, 6.07) is 7.05. The van der Waals surface area contributed by atoms with Gasteiger partial charge in [-0.3, -0.25) is 9.59 Å². The Bertz CT molecular complexity index is 376. The van der Waals surface area contributed by atoms with Crippen LogP contribution < -0.4 is 11.5 Å². The zero-order valence-electron chi connectivity index (χ0n) is 7.94. The third-order valence-corrected chi connectivity index (χ3v) is 2.55. The normalized spacial score (nSPS) is 12.1. The van der Waals surface area contributed by atoms with Crippen LogP contribution in [0.1, 0.15) is 17.9 Å². The van der Waals surface area contributed by atoms with E-state index in [0.29, 0.717) is 5.56 Å². The van der Waals surface area contributed by atoms with E-state index in [1.165, 1.54) is 0 Å². The Hall–Kier alpha value is -1.36. The number of primary amides is 2. The number of benzene rings is 1. The van der Waals surface area contributed by atoms with Crippen molar-refractivity contribution in [2.24, 2.45) is 11.5 Å². The van der Waals surface area contributed by atoms with E-state index in [9.17, 15) is 9.59 Å². The number of halogens is 1. The highest BCUT2D eigenvalue weighted by Gasteiger charge is 2.19. The predicted octanol–water partition coefficient (Wildman–Crippen LogP) is 0.893. The summed E-state index contributed by atoms with van der Waals surface area (Å²) >= 11 is 3.27. The van der Waals surface area contributed by atoms with Crippen molar-refractivity contribution in [3.8, 4) is 0 Å². The molecule has 0 aliphatic heterocycles. The van der Waals surface area contributed by atoms with E-state index in [0.717, 1.165) is 4.47 Å². The standard InChI is InChI=1S/C10H11BrN2O2/c11-7-3-1-6(2-4-7)8(10(13)15)5-9(12)14/h1-4,8H,5H2,(H2,12,14)(H2,13,15). The van der Waals surface area contributed by atoms with Crippen LogP contribution in [0, 0.1) is 0 Å². The molecule has 1 aromatic carbocycles. The molecule has 0 heterocycles. The lowest BCUT2D eigenvalue weighted by atomic mass is 9.95. The molecule has 0 bridgehead atoms. The predicted molar refractivity (Wildman–Crippen MR) is 59.9 cm³/mol. The Morgan fingerprint density at radius 3 is 2.13 bits per heavy atom. The first-order valence-corrected chi connectivity index (χ1v) is 5.13. The average Bonchev–Trinajstić information content (AvgIpc) is 2.15. The molecule has 0 aliphatic carbocycles. The maximum Gasteiger partial charge on any atom is 0.225 e. The van der Waals surface area contributed by atoms with Gasteiger partial charge in [-0.05, 0) is 17.7 Å². The van der Waals surface area contributed by atoms with Crippen molar-refractivity contribution in [1.29, 1.82) is 0 Å². The van der Waals surface area contributed by atoms with Crippen molar-refractivity contribution in [1.82, 2.24) is 0 Å². The molecule has 1 atom stereocenters. The maximum absolute atomic E-state index is 11.1. The summed E-state index contributed by atoms with van der Waals surface area (Å²) in [6.45, 7) is 0. The molecule has 0 aromatic heterocycles. The summed E-state index contributed by atoms with van der Waals surface area (Å²) in [5.74, 6) is -1.73. The van der Waals surface area contributed by atoms with Gasteiger partial charge in [-0.2, -0.15) is 0 Å². The van der Waals surface area contributed by atoms with Crippen LogP contribution in [0.25, 0.3) is 0 Å². The van der Waals surface area contributed by atoms with Gasteiger partial charge < -0.3 is 11.5 Å². The van der Waals surface area contributed by atoms with E-state index < -0.39 is 17.7 Å². The van der Waals surface area contributed by atoms with Crippen LogP contribution in [0.5, 0.6) is 0 Å². The van der Waals surface area contributed by atoms with E-state index in [-0.39, 0.29) is 6.42 Å². The molecule has 80 valence electrons. The highest BCUT2D eigenvalue weighted by molar-refractivity contribution is 9.10. The van der Waals surface area contributed by atoms with Gasteiger partial charge in [-0.15, -0.1) is 0 Å². The number of hydrogen-bond acceptors (Lipinski definition) is 2. The minimum Gasteiger partial charge on any atom is -0.370 e. The fourth-order valence-corrected chi connectivity index (χ4v) is 1.54. The van der Waals surface area contributed by atoms with Gasteiger partial charge in [-0.1, -0.05) is 28.1 Å². The van der Waals surface area contributed by atoms with E-state index in [1.807, 2.05) is 0 Å². The quantitative estimate of drug-likeness (QED) is 0.852. The maximum atomic E-state index is 11.1. The van der Waals surface area contributed by atoms with Gasteiger partial charge >= 0.3 is 0 Å². The highest BCUT2D eigenvalue weighted by Crippen LogP contribution is 2.21. The number of nitrogens with two attached hydrogens (primary N) is 2. The van der Waals surface area contributed by atoms with Gasteiger partial charge in [0.25, 0.3) is 0 Å². The van der Waals surface area contributed by atoms with Gasteiger partial charge in [0.05, 0.1) is 5.92 Å². The second-order valence-electron chi connectivity index (χ2n) is 3.18. The van der Waals surface area contributed by atoms with Crippen LogP contribution in [-0.2, 0) is 9.59 Å². The van der Waals surface area contributed by atoms with E-state index in [2.05, 4.69) is 15.9 Å². The number of hydrogen-bond donors (Lipinski definition) is 2. The molecule has 0 fully saturated rings. The van der Waals surface area contributed by atoms with Crippen LogP contribution in [0.2, 0.25) is 0 Å². The Kier molecular flexibility index (Phi) is 3.85. The minimum atomic E-state index is -0.643. The van der Waals surface area contributed by atoms with Crippen molar-refractivity contribution in [3.05, 3.63) is 34.3 Å². The van der Waals surface area contributed by atoms with E-state index in [1.54, 1.807) is 24.3 Å². The molecule has 1 unspecified atom stereocenters. The second kappa shape index (κ2) is 4.93. The summed E-state index contributed by atoms with van der Waals surface area (Å²) in [4.78, 5) is 21.9. The van der Waals surface area contributed by atoms with Crippen LogP contribution in [-0.4, -0.2) is 11.8 Å². The summed E-state index contributed by atoms with van der Waals surface area (Å²) in [5, 5.41) is 0. The lowest BCUT2D eigenvalue weighted by Crippen LogP contribution is -2.26. The van der Waals surface area contributed by atoms with Crippen LogP contribution in [0.15, 0.2) is 28.7 Å². The lowest BCUT2D eigenvalue weighted by Gasteiger charge is -2.11. The minimum absolute atomic E-state index is 0.0586. The number of carbonyl (C=O) groups is 2. The van der Waals surface area contributed by atoms with Crippen molar-refractivity contribution in [2.75, 3.05) is 0 Å². The first-order valence-electron chi connectivity index (χ1n) is 4.34. The molecular weight excluding hydrogens is 260 g/mol. The van der Waals surface area contributed by atoms with Gasteiger partial charge in [0.15, 0.2) is 0 Å². The van der Waals surface area contributed by atoms with Crippen molar-refractivity contribution in [2.45, 2.75) is 12.3 Å². The molecule has 0 radical (unpaired) electrons. The molecule has 0 saturated heterocycles. The Balaban J connectivity index is 2.94. The largest absolute Gasteiger partial charge is 0.370 e. The number of amides is 2. The Morgan fingerprint density at radius 1 is 1.20 bits per heavy atom. The van der Waals surface area contributed by atoms with Gasteiger partial charge in [-0.25, -0.2) is 0 Å². The molecule has 0 aliphatic rings. The summed E-state index contributed by atoms with van der Waals surface area (Å²) in [7, 11) is 0. The molecule has 0 spiro atoms.